The lowest BCUT2D eigenvalue weighted by atomic mass is 10.2. The lowest BCUT2D eigenvalue weighted by molar-refractivity contribution is -0.385. The molecule has 0 unspecified atom stereocenters. The molecule has 2 aromatic rings. The van der Waals surface area contributed by atoms with Crippen LogP contribution >= 0.6 is 15.9 Å². The molecule has 23 heavy (non-hydrogen) atoms. The van der Waals surface area contributed by atoms with Crippen LogP contribution in [0.5, 0.6) is 17.2 Å². The zero-order valence-electron chi connectivity index (χ0n) is 12.3. The summed E-state index contributed by atoms with van der Waals surface area (Å²) in [4.78, 5) is 14.5. The van der Waals surface area contributed by atoms with E-state index in [0.29, 0.717) is 21.7 Å². The summed E-state index contributed by atoms with van der Waals surface area (Å²) in [6.07, 6.45) is 1.33. The molecule has 0 aliphatic carbocycles. The first-order valence-corrected chi connectivity index (χ1v) is 7.18. The molecule has 0 aliphatic rings. The van der Waals surface area contributed by atoms with Gasteiger partial charge in [0.15, 0.2) is 0 Å². The quantitative estimate of drug-likeness (QED) is 0.483. The van der Waals surface area contributed by atoms with Crippen LogP contribution in [0.15, 0.2) is 39.8 Å². The van der Waals surface area contributed by atoms with E-state index in [2.05, 4.69) is 20.9 Å². The molecule has 8 heteroatoms. The predicted molar refractivity (Wildman–Crippen MR) is 89.3 cm³/mol. The number of hydrogen-bond acceptors (Lipinski definition) is 6. The van der Waals surface area contributed by atoms with Crippen LogP contribution in [0, 0.1) is 10.1 Å². The molecule has 0 amide bonds. The number of aromatic hydroxyl groups is 1. The summed E-state index contributed by atoms with van der Waals surface area (Å²) >= 11 is 3.17. The summed E-state index contributed by atoms with van der Waals surface area (Å²) in [6, 6.07) is 7.80. The Hall–Kier alpha value is -2.61. The Bertz CT molecular complexity index is 777. The van der Waals surface area contributed by atoms with Crippen molar-refractivity contribution in [2.24, 2.45) is 4.99 Å². The average Bonchev–Trinajstić information content (AvgIpc) is 2.54. The summed E-state index contributed by atoms with van der Waals surface area (Å²) in [5.74, 6) is 0.640. The number of hydrogen-bond donors (Lipinski definition) is 1. The lowest BCUT2D eigenvalue weighted by Crippen LogP contribution is -1.93. The molecule has 0 saturated carbocycles. The van der Waals surface area contributed by atoms with Gasteiger partial charge >= 0.3 is 5.69 Å². The lowest BCUT2D eigenvalue weighted by Gasteiger charge is -2.07. The Kier molecular flexibility index (Phi) is 5.17. The van der Waals surface area contributed by atoms with Gasteiger partial charge in [0.1, 0.15) is 17.2 Å². The number of benzene rings is 2. The topological polar surface area (TPSA) is 94.2 Å². The van der Waals surface area contributed by atoms with Crippen molar-refractivity contribution < 1.29 is 19.5 Å². The largest absolute Gasteiger partial charge is 0.502 e. The number of rotatable bonds is 5. The van der Waals surface area contributed by atoms with Gasteiger partial charge in [-0.1, -0.05) is 15.9 Å². The highest BCUT2D eigenvalue weighted by Gasteiger charge is 2.17. The van der Waals surface area contributed by atoms with E-state index in [1.807, 2.05) is 0 Å². The zero-order chi connectivity index (χ0) is 17.0. The third kappa shape index (κ3) is 3.78. The molecule has 0 bridgehead atoms. The molecule has 7 nitrogen and oxygen atoms in total. The van der Waals surface area contributed by atoms with Crippen molar-refractivity contribution in [2.45, 2.75) is 0 Å². The number of ether oxygens (including phenoxy) is 2. The van der Waals surface area contributed by atoms with Crippen molar-refractivity contribution in [1.82, 2.24) is 0 Å². The van der Waals surface area contributed by atoms with Crippen LogP contribution in [0.3, 0.4) is 0 Å². The van der Waals surface area contributed by atoms with Gasteiger partial charge in [0, 0.05) is 28.4 Å². The molecule has 2 rings (SSSR count). The minimum absolute atomic E-state index is 0.212. The highest BCUT2D eigenvalue weighted by molar-refractivity contribution is 9.10. The van der Waals surface area contributed by atoms with Gasteiger partial charge in [-0.25, -0.2) is 0 Å². The first-order chi connectivity index (χ1) is 11.0. The van der Waals surface area contributed by atoms with E-state index in [9.17, 15) is 15.2 Å². The Labute approximate surface area is 140 Å². The fourth-order valence-corrected chi connectivity index (χ4v) is 2.34. The number of phenolic OH excluding ortho intramolecular Hbond substituents is 1. The first-order valence-electron chi connectivity index (χ1n) is 6.39. The number of nitro benzene ring substituents is 1. The van der Waals surface area contributed by atoms with Crippen LogP contribution in [-0.2, 0) is 0 Å². The normalized spacial score (nSPS) is 10.7. The molecule has 0 fully saturated rings. The molecule has 0 aliphatic heterocycles. The van der Waals surface area contributed by atoms with Gasteiger partial charge in [-0.2, -0.15) is 0 Å². The van der Waals surface area contributed by atoms with Gasteiger partial charge in [-0.3, -0.25) is 15.1 Å². The Morgan fingerprint density at radius 2 is 2.00 bits per heavy atom. The Morgan fingerprint density at radius 3 is 2.61 bits per heavy atom. The highest BCUT2D eigenvalue weighted by atomic mass is 79.9. The molecular weight excluding hydrogens is 368 g/mol. The number of aliphatic imine (C=N–C) groups is 1. The minimum atomic E-state index is -0.661. The smallest absolute Gasteiger partial charge is 0.312 e. The van der Waals surface area contributed by atoms with Gasteiger partial charge in [-0.05, 0) is 18.2 Å². The number of nitro groups is 1. The third-order valence-corrected chi connectivity index (χ3v) is 3.47. The van der Waals surface area contributed by atoms with E-state index in [1.165, 1.54) is 32.6 Å². The van der Waals surface area contributed by atoms with Crippen molar-refractivity contribution in [2.75, 3.05) is 14.2 Å². The molecule has 1 N–H and O–H groups in total. The molecule has 0 aromatic heterocycles. The Balaban J connectivity index is 2.43. The molecule has 0 saturated heterocycles. The second-order valence-corrected chi connectivity index (χ2v) is 5.33. The zero-order valence-corrected chi connectivity index (χ0v) is 13.9. The average molecular weight is 381 g/mol. The molecule has 0 spiro atoms. The fourth-order valence-electron chi connectivity index (χ4n) is 1.87. The van der Waals surface area contributed by atoms with Gasteiger partial charge in [0.25, 0.3) is 0 Å². The van der Waals surface area contributed by atoms with E-state index in [1.54, 1.807) is 18.2 Å². The maximum atomic E-state index is 10.9. The van der Waals surface area contributed by atoms with Crippen LogP contribution in [0.25, 0.3) is 0 Å². The number of phenols is 1. The van der Waals surface area contributed by atoms with E-state index in [-0.39, 0.29) is 5.56 Å². The van der Waals surface area contributed by atoms with Gasteiger partial charge in [0.2, 0.25) is 5.75 Å². The number of halogens is 1. The van der Waals surface area contributed by atoms with Crippen LogP contribution in [0.1, 0.15) is 5.56 Å². The summed E-state index contributed by atoms with van der Waals surface area (Å²) in [7, 11) is 3.03. The predicted octanol–water partition coefficient (Wildman–Crippen LogP) is 3.83. The summed E-state index contributed by atoms with van der Waals surface area (Å²) < 4.78 is 10.8. The van der Waals surface area contributed by atoms with Gasteiger partial charge < -0.3 is 14.6 Å². The summed E-state index contributed by atoms with van der Waals surface area (Å²) in [5, 5.41) is 20.9. The molecule has 0 radical (unpaired) electrons. The van der Waals surface area contributed by atoms with Crippen LogP contribution in [-0.4, -0.2) is 30.5 Å². The van der Waals surface area contributed by atoms with Crippen LogP contribution in [0.2, 0.25) is 0 Å². The van der Waals surface area contributed by atoms with Crippen LogP contribution < -0.4 is 9.47 Å². The summed E-state index contributed by atoms with van der Waals surface area (Å²) in [6.45, 7) is 0. The van der Waals surface area contributed by atoms with Crippen LogP contribution in [0.4, 0.5) is 11.4 Å². The molecule has 0 heterocycles. The van der Waals surface area contributed by atoms with E-state index in [0.717, 1.165) is 0 Å². The van der Waals surface area contributed by atoms with Gasteiger partial charge in [0.05, 0.1) is 19.1 Å². The standard InChI is InChI=1S/C15H13BrN2O5/c1-22-11-3-4-12(14(7-11)23-2)17-8-9-5-10(16)6-13(15(9)19)18(20)21/h3-8,19H,1-2H3. The van der Waals surface area contributed by atoms with E-state index in [4.69, 9.17) is 9.47 Å². The maximum Gasteiger partial charge on any atom is 0.312 e. The minimum Gasteiger partial charge on any atom is -0.502 e. The molecule has 0 atom stereocenters. The van der Waals surface area contributed by atoms with Crippen molar-refractivity contribution >= 4 is 33.5 Å². The van der Waals surface area contributed by atoms with E-state index >= 15 is 0 Å². The van der Waals surface area contributed by atoms with Crippen molar-refractivity contribution in [3.8, 4) is 17.2 Å². The van der Waals surface area contributed by atoms with E-state index < -0.39 is 16.4 Å². The van der Waals surface area contributed by atoms with Crippen molar-refractivity contribution in [3.05, 3.63) is 50.5 Å². The number of methoxy groups -OCH3 is 2. The second kappa shape index (κ2) is 7.10. The highest BCUT2D eigenvalue weighted by Crippen LogP contribution is 2.34. The molecule has 2 aromatic carbocycles. The first kappa shape index (κ1) is 16.8. The monoisotopic (exact) mass is 380 g/mol. The Morgan fingerprint density at radius 1 is 1.26 bits per heavy atom. The fraction of sp³-hybridized carbons (Fsp3) is 0.133. The molecule has 120 valence electrons. The van der Waals surface area contributed by atoms with Crippen molar-refractivity contribution in [1.29, 1.82) is 0 Å². The number of nitrogens with zero attached hydrogens (tertiary/aromatic N) is 2. The van der Waals surface area contributed by atoms with Gasteiger partial charge in [-0.15, -0.1) is 0 Å². The molecular formula is C15H13BrN2O5. The second-order valence-electron chi connectivity index (χ2n) is 4.42. The van der Waals surface area contributed by atoms with Crippen molar-refractivity contribution in [3.63, 3.8) is 0 Å². The third-order valence-electron chi connectivity index (χ3n) is 3.01. The maximum absolute atomic E-state index is 10.9. The SMILES string of the molecule is COc1ccc(N=Cc2cc(Br)cc([N+](=O)[O-])c2O)c(OC)c1. The summed E-state index contributed by atoms with van der Waals surface area (Å²) in [5.41, 5.74) is 0.307.